The lowest BCUT2D eigenvalue weighted by Gasteiger charge is -2.21. The highest BCUT2D eigenvalue weighted by molar-refractivity contribution is 5.94. The molecule has 0 unspecified atom stereocenters. The van der Waals surface area contributed by atoms with Gasteiger partial charge in [-0.3, -0.25) is 9.59 Å². The number of hydrogen-bond donors (Lipinski definition) is 3. The van der Waals surface area contributed by atoms with Crippen LogP contribution in [0.3, 0.4) is 0 Å². The number of carbonyl (C=O) groups excluding carboxylic acids is 2. The molecule has 11 nitrogen and oxygen atoms in total. The molecule has 0 radical (unpaired) electrons. The molecule has 3 aromatic rings. The number of nitrogens with one attached hydrogen (secondary N) is 3. The van der Waals surface area contributed by atoms with Gasteiger partial charge in [-0.25, -0.2) is 0 Å². The molecule has 7 rings (SSSR count). The number of carbonyl (C=O) groups is 2. The Labute approximate surface area is 228 Å². The highest BCUT2D eigenvalue weighted by Crippen LogP contribution is 2.21. The molecular formula is C26H28F3N7O4. The summed E-state index contributed by atoms with van der Waals surface area (Å²) in [6, 6.07) is 13.0. The Morgan fingerprint density at radius 1 is 1.00 bits per heavy atom. The average molecular weight is 560 g/mol. The summed E-state index contributed by atoms with van der Waals surface area (Å²) in [6.45, 7) is 1.67. The van der Waals surface area contributed by atoms with Crippen LogP contribution < -0.4 is 25.4 Å². The lowest BCUT2D eigenvalue weighted by atomic mass is 10.2. The lowest BCUT2D eigenvalue weighted by molar-refractivity contribution is -0.154. The highest BCUT2D eigenvalue weighted by Gasteiger charge is 2.29. The quantitative estimate of drug-likeness (QED) is 0.432. The second-order valence-electron chi connectivity index (χ2n) is 8.83. The van der Waals surface area contributed by atoms with E-state index in [0.717, 1.165) is 5.56 Å². The summed E-state index contributed by atoms with van der Waals surface area (Å²) in [4.78, 5) is 38.3. The zero-order chi connectivity index (χ0) is 28.5. The van der Waals surface area contributed by atoms with Gasteiger partial charge in [-0.1, -0.05) is 12.1 Å². The van der Waals surface area contributed by atoms with Crippen molar-refractivity contribution in [1.82, 2.24) is 25.2 Å². The first kappa shape index (κ1) is 28.4. The Balaban J connectivity index is 1.56. The second kappa shape index (κ2) is 13.0. The fourth-order valence-electron chi connectivity index (χ4n) is 3.70. The zero-order valence-electron chi connectivity index (χ0n) is 21.6. The summed E-state index contributed by atoms with van der Waals surface area (Å²) < 4.78 is 48.7. The van der Waals surface area contributed by atoms with Gasteiger partial charge >= 0.3 is 12.2 Å². The lowest BCUT2D eigenvalue weighted by Crippen LogP contribution is -2.38. The molecule has 0 fully saturated rings. The van der Waals surface area contributed by atoms with Crippen LogP contribution in [0, 0.1) is 0 Å². The van der Waals surface area contributed by atoms with Gasteiger partial charge in [0.25, 0.3) is 5.91 Å². The third-order valence-electron chi connectivity index (χ3n) is 5.71. The van der Waals surface area contributed by atoms with Crippen LogP contribution in [0.2, 0.25) is 0 Å². The number of ether oxygens (including phenoxy) is 2. The first-order valence-corrected chi connectivity index (χ1v) is 12.5. The number of alkyl halides is 3. The number of nitrogens with zero attached hydrogens (tertiary/aromatic N) is 4. The fourth-order valence-corrected chi connectivity index (χ4v) is 3.70. The van der Waals surface area contributed by atoms with E-state index in [9.17, 15) is 22.8 Å². The van der Waals surface area contributed by atoms with E-state index in [1.807, 2.05) is 12.1 Å². The van der Waals surface area contributed by atoms with Gasteiger partial charge in [-0.05, 0) is 48.4 Å². The van der Waals surface area contributed by atoms with Crippen molar-refractivity contribution in [3.8, 4) is 11.8 Å². The first-order chi connectivity index (χ1) is 19.1. The monoisotopic (exact) mass is 559 g/mol. The molecule has 2 aromatic carbocycles. The molecule has 0 spiro atoms. The highest BCUT2D eigenvalue weighted by atomic mass is 19.4. The van der Waals surface area contributed by atoms with Gasteiger partial charge in [0.05, 0.1) is 6.61 Å². The van der Waals surface area contributed by atoms with Crippen LogP contribution in [0.15, 0.2) is 48.5 Å². The van der Waals surface area contributed by atoms with E-state index in [2.05, 4.69) is 30.9 Å². The van der Waals surface area contributed by atoms with Crippen molar-refractivity contribution in [1.29, 1.82) is 0 Å². The Kier molecular flexibility index (Phi) is 9.19. The van der Waals surface area contributed by atoms with Gasteiger partial charge in [0.2, 0.25) is 17.8 Å². The summed E-state index contributed by atoms with van der Waals surface area (Å²) >= 11 is 0. The second-order valence-corrected chi connectivity index (χ2v) is 8.83. The SMILES string of the molecule is CC(=O)N1CCCOc2ccc(cc2)CNc2nc(nc(OCC(F)(F)F)n2)Nc2ccc(cc2)C(=O)NCC1. The molecular weight excluding hydrogens is 531 g/mol. The van der Waals surface area contributed by atoms with E-state index in [-0.39, 0.29) is 36.8 Å². The minimum Gasteiger partial charge on any atom is -0.494 e. The van der Waals surface area contributed by atoms with Gasteiger partial charge in [0.1, 0.15) is 5.75 Å². The summed E-state index contributed by atoms with van der Waals surface area (Å²) in [5.74, 6) is 0.162. The molecule has 40 heavy (non-hydrogen) atoms. The number of hydrogen-bond acceptors (Lipinski definition) is 9. The van der Waals surface area contributed by atoms with Crippen molar-refractivity contribution in [2.24, 2.45) is 0 Å². The summed E-state index contributed by atoms with van der Waals surface area (Å²) in [6.07, 6.45) is -3.97. The van der Waals surface area contributed by atoms with Gasteiger partial charge < -0.3 is 30.3 Å². The normalized spacial score (nSPS) is 14.9. The summed E-state index contributed by atoms with van der Waals surface area (Å²) in [5, 5.41) is 8.64. The molecule has 0 aliphatic carbocycles. The molecule has 3 N–H and O–H groups in total. The zero-order valence-corrected chi connectivity index (χ0v) is 21.6. The summed E-state index contributed by atoms with van der Waals surface area (Å²) in [7, 11) is 0. The van der Waals surface area contributed by atoms with Crippen LogP contribution in [0.25, 0.3) is 0 Å². The van der Waals surface area contributed by atoms with E-state index in [0.29, 0.717) is 43.1 Å². The average Bonchev–Trinajstić information content (AvgIpc) is 2.92. The number of amides is 2. The van der Waals surface area contributed by atoms with E-state index in [4.69, 9.17) is 9.47 Å². The Morgan fingerprint density at radius 3 is 2.42 bits per heavy atom. The molecule has 0 saturated heterocycles. The third kappa shape index (κ3) is 8.71. The Bertz CT molecular complexity index is 1310. The molecule has 0 atom stereocenters. The van der Waals surface area contributed by atoms with E-state index < -0.39 is 18.8 Å². The third-order valence-corrected chi connectivity index (χ3v) is 5.71. The molecule has 4 aliphatic rings. The topological polar surface area (TPSA) is 131 Å². The maximum Gasteiger partial charge on any atom is 0.422 e. The largest absolute Gasteiger partial charge is 0.494 e. The van der Waals surface area contributed by atoms with Crippen molar-refractivity contribution in [2.75, 3.05) is 43.5 Å². The molecule has 0 saturated carbocycles. The fraction of sp³-hybridized carbons (Fsp3) is 0.346. The molecule has 4 aliphatic heterocycles. The molecule has 14 heteroatoms. The van der Waals surface area contributed by atoms with Crippen LogP contribution in [0.5, 0.6) is 11.8 Å². The van der Waals surface area contributed by atoms with Crippen molar-refractivity contribution in [3.05, 3.63) is 59.7 Å². The van der Waals surface area contributed by atoms with Crippen molar-refractivity contribution >= 4 is 29.4 Å². The van der Waals surface area contributed by atoms with Crippen LogP contribution >= 0.6 is 0 Å². The number of rotatable bonds is 2. The van der Waals surface area contributed by atoms with Crippen molar-refractivity contribution in [3.63, 3.8) is 0 Å². The Morgan fingerprint density at radius 2 is 1.73 bits per heavy atom. The molecule has 2 amide bonds. The van der Waals surface area contributed by atoms with Gasteiger partial charge in [-0.2, -0.15) is 28.1 Å². The smallest absolute Gasteiger partial charge is 0.422 e. The van der Waals surface area contributed by atoms with Crippen LogP contribution in [0.1, 0.15) is 29.3 Å². The number of benzene rings is 2. The molecule has 1 aromatic heterocycles. The van der Waals surface area contributed by atoms with E-state index in [1.165, 1.54) is 6.92 Å². The maximum absolute atomic E-state index is 12.7. The van der Waals surface area contributed by atoms with E-state index >= 15 is 0 Å². The number of anilines is 3. The van der Waals surface area contributed by atoms with Crippen LogP contribution in [-0.2, 0) is 11.3 Å². The minimum absolute atomic E-state index is 0.000541. The molecule has 6 bridgehead atoms. The first-order valence-electron chi connectivity index (χ1n) is 12.5. The van der Waals surface area contributed by atoms with Crippen LogP contribution in [-0.4, -0.2) is 70.7 Å². The van der Waals surface area contributed by atoms with Gasteiger partial charge in [-0.15, -0.1) is 0 Å². The number of halogens is 3. The Hall–Kier alpha value is -4.62. The summed E-state index contributed by atoms with van der Waals surface area (Å²) in [5.41, 5.74) is 1.70. The van der Waals surface area contributed by atoms with E-state index in [1.54, 1.807) is 41.3 Å². The standard InChI is InChI=1S/C26H28F3N7O4/c1-17(37)36-12-2-14-39-21-9-3-18(4-10-21)15-31-23-33-24(35-25(34-23)40-16-26(27,28)29)32-20-7-5-19(6-8-20)22(38)30-11-13-36/h3-10H,2,11-16H2,1H3,(H,30,38)(H2,31,32,33,34,35). The predicted molar refractivity (Wildman–Crippen MR) is 140 cm³/mol. The van der Waals surface area contributed by atoms with Crippen molar-refractivity contribution < 1.29 is 32.2 Å². The van der Waals surface area contributed by atoms with Gasteiger partial charge in [0.15, 0.2) is 6.61 Å². The number of aromatic nitrogens is 3. The van der Waals surface area contributed by atoms with Gasteiger partial charge in [0, 0.05) is 44.4 Å². The van der Waals surface area contributed by atoms with Crippen molar-refractivity contribution in [2.45, 2.75) is 26.1 Å². The maximum atomic E-state index is 12.7. The van der Waals surface area contributed by atoms with Crippen LogP contribution in [0.4, 0.5) is 30.8 Å². The molecule has 212 valence electrons. The molecule has 5 heterocycles. The predicted octanol–water partition coefficient (Wildman–Crippen LogP) is 3.53. The minimum atomic E-state index is -4.57.